The predicted molar refractivity (Wildman–Crippen MR) is 89.9 cm³/mol. The third-order valence-corrected chi connectivity index (χ3v) is 5.66. The second-order valence-corrected chi connectivity index (χ2v) is 7.23. The number of aryl methyl sites for hydroxylation is 2. The van der Waals surface area contributed by atoms with Crippen LogP contribution in [0.15, 0.2) is 11.6 Å². The predicted octanol–water partition coefficient (Wildman–Crippen LogP) is 2.34. The lowest BCUT2D eigenvalue weighted by Gasteiger charge is -2.33. The molecule has 2 atom stereocenters. The van der Waals surface area contributed by atoms with Crippen molar-refractivity contribution in [3.8, 4) is 0 Å². The summed E-state index contributed by atoms with van der Waals surface area (Å²) in [6.07, 6.45) is 4.78. The second kappa shape index (κ2) is 6.52. The number of fused-ring (bicyclic) bond motifs is 1. The van der Waals surface area contributed by atoms with Crippen molar-refractivity contribution in [3.05, 3.63) is 33.5 Å². The van der Waals surface area contributed by atoms with Crippen molar-refractivity contribution in [1.82, 2.24) is 25.4 Å². The van der Waals surface area contributed by atoms with Crippen LogP contribution in [-0.4, -0.2) is 45.8 Å². The molecule has 0 bridgehead atoms. The molecule has 0 unspecified atom stereocenters. The maximum atomic E-state index is 12.7. The van der Waals surface area contributed by atoms with E-state index in [2.05, 4.69) is 20.5 Å². The van der Waals surface area contributed by atoms with E-state index in [1.165, 1.54) is 5.56 Å². The first kappa shape index (κ1) is 15.6. The zero-order valence-corrected chi connectivity index (χ0v) is 14.4. The SMILES string of the molecule is Cc1csc([C@@H]2CN(C(=O)N[C@@H]3CCCc4cn[nH]c43)CCO2)n1. The first-order valence-corrected chi connectivity index (χ1v) is 9.20. The van der Waals surface area contributed by atoms with Gasteiger partial charge in [-0.05, 0) is 31.7 Å². The highest BCUT2D eigenvalue weighted by Crippen LogP contribution is 2.29. The Kier molecular flexibility index (Phi) is 4.24. The third-order valence-electron chi connectivity index (χ3n) is 4.60. The first-order chi connectivity index (χ1) is 11.7. The Morgan fingerprint density at radius 1 is 1.54 bits per heavy atom. The van der Waals surface area contributed by atoms with Gasteiger partial charge in [0.2, 0.25) is 0 Å². The molecule has 7 nitrogen and oxygen atoms in total. The Morgan fingerprint density at radius 2 is 2.46 bits per heavy atom. The van der Waals surface area contributed by atoms with Crippen molar-refractivity contribution >= 4 is 17.4 Å². The van der Waals surface area contributed by atoms with Gasteiger partial charge >= 0.3 is 6.03 Å². The van der Waals surface area contributed by atoms with E-state index in [9.17, 15) is 4.79 Å². The number of morpholine rings is 1. The maximum absolute atomic E-state index is 12.7. The average Bonchev–Trinajstić information content (AvgIpc) is 3.24. The summed E-state index contributed by atoms with van der Waals surface area (Å²) in [4.78, 5) is 19.0. The van der Waals surface area contributed by atoms with Crippen molar-refractivity contribution in [2.75, 3.05) is 19.7 Å². The van der Waals surface area contributed by atoms with Crippen molar-refractivity contribution in [3.63, 3.8) is 0 Å². The number of carbonyl (C=O) groups is 1. The minimum Gasteiger partial charge on any atom is -0.367 e. The van der Waals surface area contributed by atoms with E-state index in [-0.39, 0.29) is 18.2 Å². The lowest BCUT2D eigenvalue weighted by molar-refractivity contribution is -0.0160. The largest absolute Gasteiger partial charge is 0.367 e. The topological polar surface area (TPSA) is 83.1 Å². The van der Waals surface area contributed by atoms with Crippen LogP contribution in [0.4, 0.5) is 4.79 Å². The van der Waals surface area contributed by atoms with Crippen LogP contribution in [0.1, 0.15) is 46.9 Å². The molecule has 128 valence electrons. The van der Waals surface area contributed by atoms with Crippen LogP contribution < -0.4 is 5.32 Å². The van der Waals surface area contributed by atoms with Gasteiger partial charge in [-0.25, -0.2) is 9.78 Å². The highest BCUT2D eigenvalue weighted by molar-refractivity contribution is 7.09. The van der Waals surface area contributed by atoms with Crippen molar-refractivity contribution < 1.29 is 9.53 Å². The molecule has 1 aliphatic heterocycles. The number of ether oxygens (including phenoxy) is 1. The molecule has 2 N–H and O–H groups in total. The number of rotatable bonds is 2. The number of hydrogen-bond acceptors (Lipinski definition) is 5. The van der Waals surface area contributed by atoms with Crippen LogP contribution in [0.2, 0.25) is 0 Å². The van der Waals surface area contributed by atoms with Crippen molar-refractivity contribution in [1.29, 1.82) is 0 Å². The molecule has 1 aliphatic carbocycles. The van der Waals surface area contributed by atoms with Gasteiger partial charge in [0.15, 0.2) is 0 Å². The van der Waals surface area contributed by atoms with Crippen LogP contribution in [0.25, 0.3) is 0 Å². The summed E-state index contributed by atoms with van der Waals surface area (Å²) in [5, 5.41) is 13.3. The number of H-pyrrole nitrogens is 1. The molecule has 0 saturated carbocycles. The van der Waals surface area contributed by atoms with Crippen molar-refractivity contribution in [2.24, 2.45) is 0 Å². The zero-order valence-electron chi connectivity index (χ0n) is 13.6. The number of hydrogen-bond donors (Lipinski definition) is 2. The number of aromatic nitrogens is 3. The first-order valence-electron chi connectivity index (χ1n) is 8.32. The minimum atomic E-state index is -0.128. The molecule has 1 saturated heterocycles. The van der Waals surface area contributed by atoms with Crippen LogP contribution >= 0.6 is 11.3 Å². The molecular formula is C16H21N5O2S. The summed E-state index contributed by atoms with van der Waals surface area (Å²) in [5.74, 6) is 0. The van der Waals surface area contributed by atoms with E-state index in [1.54, 1.807) is 11.3 Å². The molecule has 2 aromatic rings. The smallest absolute Gasteiger partial charge is 0.318 e. The number of amides is 2. The highest BCUT2D eigenvalue weighted by Gasteiger charge is 2.30. The van der Waals surface area contributed by atoms with Crippen LogP contribution in [0.5, 0.6) is 0 Å². The quantitative estimate of drug-likeness (QED) is 0.873. The number of carbonyl (C=O) groups excluding carboxylic acids is 1. The molecule has 4 rings (SSSR count). The number of nitrogens with zero attached hydrogens (tertiary/aromatic N) is 3. The van der Waals surface area contributed by atoms with Crippen LogP contribution in [-0.2, 0) is 11.2 Å². The summed E-state index contributed by atoms with van der Waals surface area (Å²) in [6, 6.07) is -0.0174. The lowest BCUT2D eigenvalue weighted by Crippen LogP contribution is -2.48. The average molecular weight is 347 g/mol. The van der Waals surface area contributed by atoms with Gasteiger partial charge in [0.05, 0.1) is 31.1 Å². The van der Waals surface area contributed by atoms with E-state index in [1.807, 2.05) is 23.4 Å². The monoisotopic (exact) mass is 347 g/mol. The molecule has 1 fully saturated rings. The molecule has 0 aromatic carbocycles. The molecule has 3 heterocycles. The summed E-state index contributed by atoms with van der Waals surface area (Å²) in [5.41, 5.74) is 3.26. The fourth-order valence-corrected chi connectivity index (χ4v) is 4.19. The Hall–Kier alpha value is -1.93. The standard InChI is InChI=1S/C16H21N5O2S/c1-10-9-24-15(18-10)13-8-21(5-6-23-13)16(22)19-12-4-2-3-11-7-17-20-14(11)12/h7,9,12-13H,2-6,8H2,1H3,(H,17,20)(H,19,22)/t12-,13+/m1/s1. The molecule has 2 aliphatic rings. The van der Waals surface area contributed by atoms with E-state index in [0.717, 1.165) is 35.7 Å². The summed E-state index contributed by atoms with van der Waals surface area (Å²) >= 11 is 1.59. The summed E-state index contributed by atoms with van der Waals surface area (Å²) in [6.45, 7) is 3.66. The van der Waals surface area contributed by atoms with Gasteiger partial charge in [-0.1, -0.05) is 0 Å². The maximum Gasteiger partial charge on any atom is 0.318 e. The Morgan fingerprint density at radius 3 is 3.29 bits per heavy atom. The van der Waals surface area contributed by atoms with E-state index < -0.39 is 0 Å². The van der Waals surface area contributed by atoms with Gasteiger partial charge in [0.25, 0.3) is 0 Å². The molecular weight excluding hydrogens is 326 g/mol. The number of urea groups is 1. The molecule has 2 aromatic heterocycles. The van der Waals surface area contributed by atoms with Gasteiger partial charge in [-0.3, -0.25) is 5.10 Å². The van der Waals surface area contributed by atoms with E-state index >= 15 is 0 Å². The molecule has 0 radical (unpaired) electrons. The van der Waals surface area contributed by atoms with E-state index in [0.29, 0.717) is 19.7 Å². The summed E-state index contributed by atoms with van der Waals surface area (Å²) < 4.78 is 5.80. The molecule has 0 spiro atoms. The Labute approximate surface area is 144 Å². The molecule has 2 amide bonds. The molecule has 8 heteroatoms. The van der Waals surface area contributed by atoms with Crippen molar-refractivity contribution in [2.45, 2.75) is 38.3 Å². The minimum absolute atomic E-state index is 0.0205. The molecule has 24 heavy (non-hydrogen) atoms. The van der Waals surface area contributed by atoms with Gasteiger partial charge in [0.1, 0.15) is 11.1 Å². The van der Waals surface area contributed by atoms with Gasteiger partial charge in [-0.15, -0.1) is 11.3 Å². The van der Waals surface area contributed by atoms with Gasteiger partial charge in [-0.2, -0.15) is 5.10 Å². The second-order valence-electron chi connectivity index (χ2n) is 6.34. The number of thiazole rings is 1. The zero-order chi connectivity index (χ0) is 16.5. The van der Waals surface area contributed by atoms with Crippen LogP contribution in [0.3, 0.4) is 0 Å². The lowest BCUT2D eigenvalue weighted by atomic mass is 9.94. The van der Waals surface area contributed by atoms with E-state index in [4.69, 9.17) is 4.74 Å². The summed E-state index contributed by atoms with van der Waals surface area (Å²) in [7, 11) is 0. The third kappa shape index (κ3) is 3.03. The fraction of sp³-hybridized carbons (Fsp3) is 0.562. The fourth-order valence-electron chi connectivity index (χ4n) is 3.35. The van der Waals surface area contributed by atoms with Gasteiger partial charge in [0, 0.05) is 17.6 Å². The van der Waals surface area contributed by atoms with Gasteiger partial charge < -0.3 is 15.0 Å². The van der Waals surface area contributed by atoms with Crippen LogP contribution in [0, 0.1) is 6.92 Å². The Bertz CT molecular complexity index is 728. The number of aromatic amines is 1. The highest BCUT2D eigenvalue weighted by atomic mass is 32.1. The normalized spacial score (nSPS) is 23.8. The number of nitrogens with one attached hydrogen (secondary N) is 2. The Balaban J connectivity index is 1.42.